The number of nitrogens with zero attached hydrogens (tertiary/aromatic N) is 4. The lowest BCUT2D eigenvalue weighted by molar-refractivity contribution is -0.138. The highest BCUT2D eigenvalue weighted by molar-refractivity contribution is 5.90. The molecule has 5 aliphatic rings. The molecule has 5 aliphatic heterocycles. The highest BCUT2D eigenvalue weighted by atomic mass is 16.5. The van der Waals surface area contributed by atoms with Crippen molar-refractivity contribution >= 4 is 17.7 Å². The number of likely N-dealkylation sites (tertiary alicyclic amines) is 2. The summed E-state index contributed by atoms with van der Waals surface area (Å²) in [6, 6.07) is 10.7. The molecule has 2 fully saturated rings. The lowest BCUT2D eigenvalue weighted by Crippen LogP contribution is -2.58. The van der Waals surface area contributed by atoms with E-state index in [2.05, 4.69) is 59.8 Å². The van der Waals surface area contributed by atoms with Crippen LogP contribution in [0.3, 0.4) is 0 Å². The largest absolute Gasteiger partial charge is 0.501 e. The maximum Gasteiger partial charge on any atom is 0.250 e. The van der Waals surface area contributed by atoms with Gasteiger partial charge in [-0.1, -0.05) is 44.2 Å². The summed E-state index contributed by atoms with van der Waals surface area (Å²) in [4.78, 5) is 48.5. The summed E-state index contributed by atoms with van der Waals surface area (Å²) < 4.78 is 11.9. The van der Waals surface area contributed by atoms with Crippen molar-refractivity contribution in [3.8, 4) is 0 Å². The SMILES string of the molecule is COC1=CC(=O)N(C2CCN(C3=CC(=O)N(C4CCN(C5=CC(=O)NC(C(C)C)C5)CC4)C([C@H](C)OCc4ccccc4)C3)CC2)C(C)C1. The highest BCUT2D eigenvalue weighted by Gasteiger charge is 2.41. The summed E-state index contributed by atoms with van der Waals surface area (Å²) in [5.74, 6) is 1.22. The Kier molecular flexibility index (Phi) is 11.0. The minimum Gasteiger partial charge on any atom is -0.501 e. The molecule has 3 unspecified atom stereocenters. The van der Waals surface area contributed by atoms with Gasteiger partial charge in [0, 0.05) is 99.2 Å². The van der Waals surface area contributed by atoms with Gasteiger partial charge >= 0.3 is 0 Å². The Morgan fingerprint density at radius 3 is 1.96 bits per heavy atom. The minimum atomic E-state index is -0.159. The van der Waals surface area contributed by atoms with Crippen LogP contribution in [0.4, 0.5) is 0 Å². The van der Waals surface area contributed by atoms with Crippen molar-refractivity contribution in [1.82, 2.24) is 24.9 Å². The molecule has 6 rings (SSSR count). The molecule has 10 nitrogen and oxygen atoms in total. The van der Waals surface area contributed by atoms with E-state index in [-0.39, 0.29) is 54.0 Å². The Labute approximate surface area is 292 Å². The van der Waals surface area contributed by atoms with Gasteiger partial charge in [0.1, 0.15) is 5.76 Å². The number of nitrogens with one attached hydrogen (secondary N) is 1. The molecule has 0 aliphatic carbocycles. The molecule has 0 radical (unpaired) electrons. The minimum absolute atomic E-state index is 0.00598. The van der Waals surface area contributed by atoms with E-state index in [1.54, 1.807) is 19.3 Å². The van der Waals surface area contributed by atoms with Crippen LogP contribution in [-0.4, -0.2) is 107 Å². The Balaban J connectivity index is 1.14. The van der Waals surface area contributed by atoms with Crippen LogP contribution in [-0.2, 0) is 30.5 Å². The molecule has 0 aromatic heterocycles. The lowest BCUT2D eigenvalue weighted by Gasteiger charge is -2.49. The van der Waals surface area contributed by atoms with Gasteiger partial charge in [0.05, 0.1) is 25.9 Å². The standard InChI is InChI=1S/C39H55N5O5/c1-26(2)35-20-32(22-37(45)40-35)41-17-13-31(14-18-41)44-36(28(4)49-25-29-9-7-6-8-10-29)21-33(23-38(44)46)42-15-11-30(12-16-42)43-27(3)19-34(48-5)24-39(43)47/h6-10,22-24,26-28,30-31,35-36H,11-21,25H2,1-5H3,(H,40,45)/t27?,28-,35?,36?/m0/s1. The number of benzene rings is 1. The zero-order valence-electron chi connectivity index (χ0n) is 30.0. The van der Waals surface area contributed by atoms with Crippen LogP contribution in [0.2, 0.25) is 0 Å². The highest BCUT2D eigenvalue weighted by Crippen LogP contribution is 2.34. The summed E-state index contributed by atoms with van der Waals surface area (Å²) in [6.07, 6.45) is 10.9. The quantitative estimate of drug-likeness (QED) is 0.389. The van der Waals surface area contributed by atoms with E-state index >= 15 is 0 Å². The van der Waals surface area contributed by atoms with Crippen molar-refractivity contribution in [2.24, 2.45) is 5.92 Å². The second kappa shape index (κ2) is 15.4. The Morgan fingerprint density at radius 2 is 1.37 bits per heavy atom. The molecule has 0 bridgehead atoms. The fourth-order valence-electron chi connectivity index (χ4n) is 8.48. The second-order valence-corrected chi connectivity index (χ2v) is 14.9. The summed E-state index contributed by atoms with van der Waals surface area (Å²) in [5.41, 5.74) is 3.31. The number of amides is 3. The lowest BCUT2D eigenvalue weighted by atomic mass is 9.91. The van der Waals surface area contributed by atoms with Gasteiger partial charge in [-0.25, -0.2) is 0 Å². The molecular formula is C39H55N5O5. The number of ether oxygens (including phenoxy) is 2. The fourth-order valence-corrected chi connectivity index (χ4v) is 8.48. The van der Waals surface area contributed by atoms with E-state index in [9.17, 15) is 14.4 Å². The number of hydrogen-bond donors (Lipinski definition) is 1. The normalized spacial score (nSPS) is 26.8. The van der Waals surface area contributed by atoms with Crippen molar-refractivity contribution in [3.63, 3.8) is 0 Å². The first kappa shape index (κ1) is 35.1. The second-order valence-electron chi connectivity index (χ2n) is 14.9. The molecule has 1 aromatic carbocycles. The topological polar surface area (TPSA) is 94.7 Å². The third kappa shape index (κ3) is 8.00. The number of rotatable bonds is 10. The smallest absolute Gasteiger partial charge is 0.250 e. The van der Waals surface area contributed by atoms with E-state index in [4.69, 9.17) is 9.47 Å². The monoisotopic (exact) mass is 673 g/mol. The number of carbonyl (C=O) groups is 3. The van der Waals surface area contributed by atoms with E-state index in [0.29, 0.717) is 12.5 Å². The van der Waals surface area contributed by atoms with Crippen molar-refractivity contribution < 1.29 is 23.9 Å². The van der Waals surface area contributed by atoms with Crippen LogP contribution >= 0.6 is 0 Å². The van der Waals surface area contributed by atoms with Crippen LogP contribution in [0.15, 0.2) is 65.7 Å². The van der Waals surface area contributed by atoms with Crippen molar-refractivity contribution in [3.05, 3.63) is 71.3 Å². The Hall–Kier alpha value is -3.79. The third-order valence-corrected chi connectivity index (χ3v) is 11.4. The molecule has 1 aromatic rings. The van der Waals surface area contributed by atoms with Crippen molar-refractivity contribution in [2.45, 2.75) is 116 Å². The Morgan fingerprint density at radius 1 is 0.776 bits per heavy atom. The molecule has 10 heteroatoms. The van der Waals surface area contributed by atoms with E-state index in [0.717, 1.165) is 93.8 Å². The summed E-state index contributed by atoms with van der Waals surface area (Å²) in [7, 11) is 1.63. The van der Waals surface area contributed by atoms with Crippen LogP contribution in [0.5, 0.6) is 0 Å². The van der Waals surface area contributed by atoms with Gasteiger partial charge in [-0.15, -0.1) is 0 Å². The van der Waals surface area contributed by atoms with Gasteiger partial charge < -0.3 is 34.4 Å². The summed E-state index contributed by atoms with van der Waals surface area (Å²) in [6.45, 7) is 12.3. The maximum atomic E-state index is 14.2. The van der Waals surface area contributed by atoms with Gasteiger partial charge in [-0.2, -0.15) is 0 Å². The Bertz CT molecular complexity index is 1440. The summed E-state index contributed by atoms with van der Waals surface area (Å²) in [5, 5.41) is 3.11. The molecule has 49 heavy (non-hydrogen) atoms. The van der Waals surface area contributed by atoms with Crippen LogP contribution in [0, 0.1) is 5.92 Å². The zero-order chi connectivity index (χ0) is 34.7. The first-order valence-corrected chi connectivity index (χ1v) is 18.4. The van der Waals surface area contributed by atoms with Crippen LogP contribution in [0.25, 0.3) is 0 Å². The number of piperidine rings is 2. The molecule has 0 spiro atoms. The molecular weight excluding hydrogens is 618 g/mol. The average Bonchev–Trinajstić information content (AvgIpc) is 3.10. The number of carbonyl (C=O) groups excluding carboxylic acids is 3. The number of hydrogen-bond acceptors (Lipinski definition) is 7. The number of methoxy groups -OCH3 is 1. The molecule has 3 amide bonds. The molecule has 266 valence electrons. The van der Waals surface area contributed by atoms with E-state index in [1.807, 2.05) is 29.2 Å². The zero-order valence-corrected chi connectivity index (χ0v) is 30.0. The van der Waals surface area contributed by atoms with Gasteiger partial charge in [0.25, 0.3) is 0 Å². The predicted octanol–water partition coefficient (Wildman–Crippen LogP) is 4.58. The van der Waals surface area contributed by atoms with Gasteiger partial charge in [-0.3, -0.25) is 14.4 Å². The predicted molar refractivity (Wildman–Crippen MR) is 189 cm³/mol. The van der Waals surface area contributed by atoms with Crippen molar-refractivity contribution in [1.29, 1.82) is 0 Å². The first-order chi connectivity index (χ1) is 23.6. The fraction of sp³-hybridized carbons (Fsp3) is 0.615. The van der Waals surface area contributed by atoms with Crippen LogP contribution < -0.4 is 5.32 Å². The average molecular weight is 674 g/mol. The van der Waals surface area contributed by atoms with Gasteiger partial charge in [-0.05, 0) is 51.0 Å². The molecule has 1 N–H and O–H groups in total. The third-order valence-electron chi connectivity index (χ3n) is 11.4. The van der Waals surface area contributed by atoms with E-state index < -0.39 is 0 Å². The van der Waals surface area contributed by atoms with Gasteiger partial charge in [0.2, 0.25) is 17.7 Å². The maximum absolute atomic E-state index is 14.2. The molecule has 4 atom stereocenters. The summed E-state index contributed by atoms with van der Waals surface area (Å²) >= 11 is 0. The molecule has 5 heterocycles. The van der Waals surface area contributed by atoms with Crippen LogP contribution in [0.1, 0.15) is 78.2 Å². The molecule has 2 saturated heterocycles. The molecule has 0 saturated carbocycles. The van der Waals surface area contributed by atoms with Crippen molar-refractivity contribution in [2.75, 3.05) is 33.3 Å². The van der Waals surface area contributed by atoms with E-state index in [1.165, 1.54) is 0 Å². The van der Waals surface area contributed by atoms with Gasteiger partial charge in [0.15, 0.2) is 0 Å². The first-order valence-electron chi connectivity index (χ1n) is 18.4.